The molecule has 0 saturated heterocycles. The monoisotopic (exact) mass is 179 g/mol. The standard InChI is InChI=1S/C11H18N2/c1-10(2)7-9-8(5-6-12-9)11(3,4)13-10/h5-6,12-13H,7H2,1-4H3/p+1. The molecule has 0 radical (unpaired) electrons. The van der Waals surface area contributed by atoms with Gasteiger partial charge in [0.1, 0.15) is 5.54 Å². The van der Waals surface area contributed by atoms with Gasteiger partial charge in [-0.2, -0.15) is 0 Å². The van der Waals surface area contributed by atoms with Gasteiger partial charge in [-0.15, -0.1) is 0 Å². The maximum Gasteiger partial charge on any atom is 0.118 e. The number of aromatic nitrogens is 1. The highest BCUT2D eigenvalue weighted by Gasteiger charge is 2.40. The average Bonchev–Trinajstić information content (AvgIpc) is 2.29. The zero-order chi connectivity index (χ0) is 9.69. The Bertz CT molecular complexity index is 321. The number of hydrogen-bond donors (Lipinski definition) is 2. The largest absolute Gasteiger partial charge is 0.364 e. The normalized spacial score (nSPS) is 24.0. The first-order valence-electron chi connectivity index (χ1n) is 4.95. The molecular formula is C11H19N2+. The van der Waals surface area contributed by atoms with E-state index in [9.17, 15) is 0 Å². The minimum absolute atomic E-state index is 0.219. The Morgan fingerprint density at radius 3 is 2.69 bits per heavy atom. The van der Waals surface area contributed by atoms with Gasteiger partial charge in [-0.05, 0) is 33.8 Å². The molecular weight excluding hydrogens is 160 g/mol. The van der Waals surface area contributed by atoms with Gasteiger partial charge in [-0.3, -0.25) is 0 Å². The summed E-state index contributed by atoms with van der Waals surface area (Å²) in [7, 11) is 0. The third-order valence-electron chi connectivity index (χ3n) is 2.91. The minimum atomic E-state index is 0.219. The summed E-state index contributed by atoms with van der Waals surface area (Å²) >= 11 is 0. The first-order chi connectivity index (χ1) is 5.91. The fourth-order valence-electron chi connectivity index (χ4n) is 2.72. The van der Waals surface area contributed by atoms with E-state index in [1.807, 2.05) is 0 Å². The molecule has 0 bridgehead atoms. The fourth-order valence-corrected chi connectivity index (χ4v) is 2.72. The van der Waals surface area contributed by atoms with Crippen LogP contribution in [0.15, 0.2) is 12.3 Å². The number of nitrogens with one attached hydrogen (secondary N) is 1. The van der Waals surface area contributed by atoms with Crippen LogP contribution in [0.2, 0.25) is 0 Å². The van der Waals surface area contributed by atoms with Crippen LogP contribution in [0.4, 0.5) is 0 Å². The van der Waals surface area contributed by atoms with Crippen LogP contribution in [0.25, 0.3) is 0 Å². The van der Waals surface area contributed by atoms with Gasteiger partial charge in [0.15, 0.2) is 0 Å². The second-order valence-corrected chi connectivity index (χ2v) is 5.40. The number of aromatic amines is 1. The molecule has 72 valence electrons. The van der Waals surface area contributed by atoms with Crippen molar-refractivity contribution >= 4 is 0 Å². The molecule has 0 aliphatic carbocycles. The van der Waals surface area contributed by atoms with E-state index in [0.29, 0.717) is 5.54 Å². The van der Waals surface area contributed by atoms with Crippen molar-refractivity contribution in [1.29, 1.82) is 0 Å². The topological polar surface area (TPSA) is 32.4 Å². The summed E-state index contributed by atoms with van der Waals surface area (Å²) in [5.41, 5.74) is 3.42. The van der Waals surface area contributed by atoms with Crippen LogP contribution in [-0.2, 0) is 12.0 Å². The van der Waals surface area contributed by atoms with Crippen LogP contribution < -0.4 is 5.32 Å². The molecule has 1 aliphatic heterocycles. The zero-order valence-electron chi connectivity index (χ0n) is 8.94. The molecule has 2 heterocycles. The van der Waals surface area contributed by atoms with Crippen LogP contribution in [0.5, 0.6) is 0 Å². The Kier molecular flexibility index (Phi) is 1.62. The predicted octanol–water partition coefficient (Wildman–Crippen LogP) is 1.15. The first-order valence-corrected chi connectivity index (χ1v) is 4.95. The summed E-state index contributed by atoms with van der Waals surface area (Å²) in [6.07, 6.45) is 3.19. The molecule has 0 unspecified atom stereocenters. The summed E-state index contributed by atoms with van der Waals surface area (Å²) in [6, 6.07) is 2.21. The molecule has 0 atom stereocenters. The van der Waals surface area contributed by atoms with E-state index in [4.69, 9.17) is 0 Å². The average molecular weight is 179 g/mol. The Morgan fingerprint density at radius 2 is 2.00 bits per heavy atom. The zero-order valence-corrected chi connectivity index (χ0v) is 8.94. The molecule has 2 nitrogen and oxygen atoms in total. The van der Waals surface area contributed by atoms with Gasteiger partial charge in [0.2, 0.25) is 0 Å². The second-order valence-electron chi connectivity index (χ2n) is 5.40. The van der Waals surface area contributed by atoms with Gasteiger partial charge in [0, 0.05) is 23.9 Å². The molecule has 2 heteroatoms. The third-order valence-corrected chi connectivity index (χ3v) is 2.91. The lowest BCUT2D eigenvalue weighted by atomic mass is 9.81. The summed E-state index contributed by atoms with van der Waals surface area (Å²) < 4.78 is 0. The number of fused-ring (bicyclic) bond motifs is 1. The van der Waals surface area contributed by atoms with Crippen molar-refractivity contribution in [3.05, 3.63) is 23.5 Å². The van der Waals surface area contributed by atoms with Crippen molar-refractivity contribution < 1.29 is 5.32 Å². The summed E-state index contributed by atoms with van der Waals surface area (Å²) in [5, 5.41) is 2.47. The molecule has 1 aliphatic rings. The molecule has 1 aromatic rings. The lowest BCUT2D eigenvalue weighted by molar-refractivity contribution is -0.790. The quantitative estimate of drug-likeness (QED) is 0.599. The van der Waals surface area contributed by atoms with E-state index in [-0.39, 0.29) is 5.54 Å². The number of quaternary nitrogens is 1. The van der Waals surface area contributed by atoms with E-state index in [0.717, 1.165) is 6.42 Å². The second kappa shape index (κ2) is 2.38. The van der Waals surface area contributed by atoms with Crippen molar-refractivity contribution in [2.24, 2.45) is 0 Å². The summed E-state index contributed by atoms with van der Waals surface area (Å²) in [6.45, 7) is 9.19. The van der Waals surface area contributed by atoms with Crippen LogP contribution in [0.1, 0.15) is 39.0 Å². The van der Waals surface area contributed by atoms with Crippen LogP contribution in [0, 0.1) is 0 Å². The van der Waals surface area contributed by atoms with Crippen molar-refractivity contribution in [2.75, 3.05) is 0 Å². The van der Waals surface area contributed by atoms with E-state index in [1.54, 1.807) is 0 Å². The molecule has 0 spiro atoms. The number of nitrogens with two attached hydrogens (primary N) is 1. The highest BCUT2D eigenvalue weighted by Crippen LogP contribution is 2.27. The van der Waals surface area contributed by atoms with Gasteiger partial charge >= 0.3 is 0 Å². The molecule has 0 amide bonds. The van der Waals surface area contributed by atoms with Crippen LogP contribution >= 0.6 is 0 Å². The Balaban J connectivity index is 2.48. The molecule has 0 aromatic carbocycles. The van der Waals surface area contributed by atoms with Gasteiger partial charge < -0.3 is 10.3 Å². The maximum atomic E-state index is 3.35. The highest BCUT2D eigenvalue weighted by molar-refractivity contribution is 5.28. The summed E-state index contributed by atoms with van der Waals surface area (Å²) in [4.78, 5) is 3.35. The third kappa shape index (κ3) is 1.39. The summed E-state index contributed by atoms with van der Waals surface area (Å²) in [5.74, 6) is 0. The lowest BCUT2D eigenvalue weighted by Gasteiger charge is -2.38. The highest BCUT2D eigenvalue weighted by atomic mass is 15.1. The number of H-pyrrole nitrogens is 1. The van der Waals surface area contributed by atoms with Gasteiger partial charge in [0.25, 0.3) is 0 Å². The molecule has 13 heavy (non-hydrogen) atoms. The van der Waals surface area contributed by atoms with Crippen LogP contribution in [-0.4, -0.2) is 10.5 Å². The lowest BCUT2D eigenvalue weighted by Crippen LogP contribution is -3.04. The van der Waals surface area contributed by atoms with Crippen molar-refractivity contribution in [3.8, 4) is 0 Å². The fraction of sp³-hybridized carbons (Fsp3) is 0.636. The molecule has 3 N–H and O–H groups in total. The smallest absolute Gasteiger partial charge is 0.118 e. The molecule has 2 rings (SSSR count). The maximum absolute atomic E-state index is 3.35. The van der Waals surface area contributed by atoms with E-state index >= 15 is 0 Å². The van der Waals surface area contributed by atoms with Crippen molar-refractivity contribution in [1.82, 2.24) is 4.98 Å². The molecule has 1 aromatic heterocycles. The van der Waals surface area contributed by atoms with Crippen molar-refractivity contribution in [2.45, 2.75) is 45.2 Å². The first kappa shape index (κ1) is 8.82. The predicted molar refractivity (Wildman–Crippen MR) is 53.5 cm³/mol. The minimum Gasteiger partial charge on any atom is -0.364 e. The van der Waals surface area contributed by atoms with E-state index in [2.05, 4.69) is 50.3 Å². The van der Waals surface area contributed by atoms with Crippen LogP contribution in [0.3, 0.4) is 0 Å². The van der Waals surface area contributed by atoms with E-state index in [1.165, 1.54) is 11.3 Å². The van der Waals surface area contributed by atoms with Crippen molar-refractivity contribution in [3.63, 3.8) is 0 Å². The van der Waals surface area contributed by atoms with Gasteiger partial charge in [-0.1, -0.05) is 0 Å². The van der Waals surface area contributed by atoms with E-state index < -0.39 is 0 Å². The van der Waals surface area contributed by atoms with Gasteiger partial charge in [0.05, 0.1) is 5.54 Å². The Labute approximate surface area is 79.7 Å². The molecule has 0 fully saturated rings. The Morgan fingerprint density at radius 1 is 1.31 bits per heavy atom. The number of hydrogen-bond acceptors (Lipinski definition) is 0. The van der Waals surface area contributed by atoms with Gasteiger partial charge in [-0.25, -0.2) is 0 Å². The Hall–Kier alpha value is -0.760. The SMILES string of the molecule is CC1(C)Cc2[nH]ccc2C(C)(C)[NH2+]1. The molecule has 0 saturated carbocycles. The number of rotatable bonds is 0.